The highest BCUT2D eigenvalue weighted by molar-refractivity contribution is 5.79. The number of aryl methyl sites for hydroxylation is 1. The number of aromatic nitrogens is 1. The van der Waals surface area contributed by atoms with Crippen molar-refractivity contribution >= 4 is 6.09 Å². The Kier molecular flexibility index (Phi) is 5.07. The van der Waals surface area contributed by atoms with Crippen molar-refractivity contribution in [3.8, 4) is 23.0 Å². The highest BCUT2D eigenvalue weighted by atomic mass is 16.5. The molecule has 1 N–H and O–H groups in total. The summed E-state index contributed by atoms with van der Waals surface area (Å²) in [4.78, 5) is 16.2. The van der Waals surface area contributed by atoms with Gasteiger partial charge in [-0.1, -0.05) is 60.4 Å². The zero-order valence-corrected chi connectivity index (χ0v) is 15.6. The Morgan fingerprint density at radius 3 is 2.43 bits per heavy atom. The Bertz CT molecular complexity index is 1030. The van der Waals surface area contributed by atoms with E-state index >= 15 is 0 Å². The van der Waals surface area contributed by atoms with Gasteiger partial charge in [0.2, 0.25) is 0 Å². The topological polar surface area (TPSA) is 51.2 Å². The molecule has 3 aromatic rings. The molecule has 1 aromatic heterocycles. The SMILES string of the molecule is Cc1cncc(C#CCNC(=O)OCC2c3ccccc3-c3ccccc32)c1. The van der Waals surface area contributed by atoms with Crippen LogP contribution in [0.5, 0.6) is 0 Å². The molecule has 28 heavy (non-hydrogen) atoms. The molecule has 0 saturated heterocycles. The first kappa shape index (κ1) is 17.8. The standard InChI is InChI=1S/C24H20N2O2/c1-17-13-18(15-25-14-17)7-6-12-26-24(27)28-16-23-21-10-4-2-8-19(21)20-9-3-5-11-22(20)23/h2-5,8-11,13-15,23H,12,16H2,1H3,(H,26,27). The van der Waals surface area contributed by atoms with Gasteiger partial charge < -0.3 is 10.1 Å². The second-order valence-electron chi connectivity index (χ2n) is 6.73. The van der Waals surface area contributed by atoms with E-state index < -0.39 is 6.09 Å². The van der Waals surface area contributed by atoms with Crippen LogP contribution in [0.25, 0.3) is 11.1 Å². The summed E-state index contributed by atoms with van der Waals surface area (Å²) in [6.07, 6.45) is 3.02. The number of carbonyl (C=O) groups excluding carboxylic acids is 1. The molecule has 1 aliphatic rings. The summed E-state index contributed by atoms with van der Waals surface area (Å²) in [7, 11) is 0. The zero-order valence-electron chi connectivity index (χ0n) is 15.6. The van der Waals surface area contributed by atoms with E-state index in [0.717, 1.165) is 11.1 Å². The van der Waals surface area contributed by atoms with E-state index in [4.69, 9.17) is 4.74 Å². The van der Waals surface area contributed by atoms with E-state index in [1.807, 2.05) is 37.3 Å². The molecule has 0 saturated carbocycles. The Morgan fingerprint density at radius 1 is 1.07 bits per heavy atom. The minimum atomic E-state index is -0.460. The highest BCUT2D eigenvalue weighted by Crippen LogP contribution is 2.44. The maximum atomic E-state index is 12.1. The second-order valence-corrected chi connectivity index (χ2v) is 6.73. The molecule has 0 radical (unpaired) electrons. The molecule has 0 bridgehead atoms. The predicted molar refractivity (Wildman–Crippen MR) is 109 cm³/mol. The van der Waals surface area contributed by atoms with Crippen LogP contribution in [-0.2, 0) is 4.74 Å². The Morgan fingerprint density at radius 2 is 1.75 bits per heavy atom. The highest BCUT2D eigenvalue weighted by Gasteiger charge is 2.28. The molecule has 0 aliphatic heterocycles. The lowest BCUT2D eigenvalue weighted by Gasteiger charge is -2.14. The van der Waals surface area contributed by atoms with Crippen LogP contribution in [0.3, 0.4) is 0 Å². The van der Waals surface area contributed by atoms with Crippen molar-refractivity contribution in [3.05, 3.63) is 89.2 Å². The maximum absolute atomic E-state index is 12.1. The van der Waals surface area contributed by atoms with Gasteiger partial charge in [-0.05, 0) is 40.8 Å². The van der Waals surface area contributed by atoms with Gasteiger partial charge in [0.15, 0.2) is 0 Å². The number of alkyl carbamates (subject to hydrolysis) is 1. The van der Waals surface area contributed by atoms with Crippen LogP contribution in [0.4, 0.5) is 4.79 Å². The third-order valence-electron chi connectivity index (χ3n) is 4.77. The monoisotopic (exact) mass is 368 g/mol. The van der Waals surface area contributed by atoms with Crippen LogP contribution in [0.2, 0.25) is 0 Å². The fourth-order valence-electron chi connectivity index (χ4n) is 3.54. The van der Waals surface area contributed by atoms with Crippen LogP contribution < -0.4 is 5.32 Å². The van der Waals surface area contributed by atoms with Gasteiger partial charge in [-0.25, -0.2) is 4.79 Å². The fourth-order valence-corrected chi connectivity index (χ4v) is 3.54. The van der Waals surface area contributed by atoms with Gasteiger partial charge in [0.25, 0.3) is 0 Å². The van der Waals surface area contributed by atoms with Gasteiger partial charge in [-0.15, -0.1) is 0 Å². The molecule has 1 heterocycles. The average Bonchev–Trinajstić information content (AvgIpc) is 3.04. The minimum absolute atomic E-state index is 0.0580. The number of carbonyl (C=O) groups is 1. The van der Waals surface area contributed by atoms with Gasteiger partial charge in [-0.2, -0.15) is 0 Å². The Labute approximate surface area is 164 Å². The van der Waals surface area contributed by atoms with Crippen molar-refractivity contribution in [1.29, 1.82) is 0 Å². The number of fused-ring (bicyclic) bond motifs is 3. The summed E-state index contributed by atoms with van der Waals surface area (Å²) >= 11 is 0. The molecule has 1 amide bonds. The van der Waals surface area contributed by atoms with E-state index in [9.17, 15) is 4.79 Å². The number of benzene rings is 2. The smallest absolute Gasteiger partial charge is 0.407 e. The molecule has 0 spiro atoms. The lowest BCUT2D eigenvalue weighted by atomic mass is 9.98. The van der Waals surface area contributed by atoms with Gasteiger partial charge in [0.05, 0.1) is 6.54 Å². The van der Waals surface area contributed by atoms with Crippen LogP contribution >= 0.6 is 0 Å². The third kappa shape index (κ3) is 3.74. The van der Waals surface area contributed by atoms with E-state index in [0.29, 0.717) is 6.61 Å². The second kappa shape index (κ2) is 7.98. The third-order valence-corrected chi connectivity index (χ3v) is 4.77. The minimum Gasteiger partial charge on any atom is -0.449 e. The Hall–Kier alpha value is -3.58. The van der Waals surface area contributed by atoms with Gasteiger partial charge in [0, 0.05) is 23.9 Å². The van der Waals surface area contributed by atoms with Crippen LogP contribution in [-0.4, -0.2) is 24.2 Å². The van der Waals surface area contributed by atoms with Crippen molar-refractivity contribution in [1.82, 2.24) is 10.3 Å². The van der Waals surface area contributed by atoms with Crippen molar-refractivity contribution in [2.24, 2.45) is 0 Å². The van der Waals surface area contributed by atoms with Crippen molar-refractivity contribution in [3.63, 3.8) is 0 Å². The normalized spacial score (nSPS) is 11.8. The summed E-state index contributed by atoms with van der Waals surface area (Å²) in [6, 6.07) is 18.5. The lowest BCUT2D eigenvalue weighted by molar-refractivity contribution is 0.144. The fraction of sp³-hybridized carbons (Fsp3) is 0.167. The molecule has 2 aromatic carbocycles. The number of nitrogens with zero attached hydrogens (tertiary/aromatic N) is 1. The largest absolute Gasteiger partial charge is 0.449 e. The summed E-state index contributed by atoms with van der Waals surface area (Å²) in [5.41, 5.74) is 6.70. The first-order valence-corrected chi connectivity index (χ1v) is 9.22. The first-order chi connectivity index (χ1) is 13.7. The lowest BCUT2D eigenvalue weighted by Crippen LogP contribution is -2.26. The zero-order chi connectivity index (χ0) is 19.3. The summed E-state index contributed by atoms with van der Waals surface area (Å²) in [6.45, 7) is 2.49. The van der Waals surface area contributed by atoms with Crippen LogP contribution in [0.1, 0.15) is 28.2 Å². The number of ether oxygens (including phenoxy) is 1. The molecule has 4 heteroatoms. The Balaban J connectivity index is 1.35. The van der Waals surface area contributed by atoms with E-state index in [-0.39, 0.29) is 12.5 Å². The van der Waals surface area contributed by atoms with Gasteiger partial charge in [-0.3, -0.25) is 4.98 Å². The van der Waals surface area contributed by atoms with Crippen molar-refractivity contribution < 1.29 is 9.53 Å². The van der Waals surface area contributed by atoms with Crippen molar-refractivity contribution in [2.75, 3.05) is 13.2 Å². The maximum Gasteiger partial charge on any atom is 0.407 e. The molecular formula is C24H20N2O2. The van der Waals surface area contributed by atoms with Crippen LogP contribution in [0.15, 0.2) is 67.0 Å². The van der Waals surface area contributed by atoms with Crippen molar-refractivity contribution in [2.45, 2.75) is 12.8 Å². The number of hydrogen-bond acceptors (Lipinski definition) is 3. The summed E-state index contributed by atoms with van der Waals surface area (Å²) < 4.78 is 5.48. The quantitative estimate of drug-likeness (QED) is 0.702. The molecule has 4 nitrogen and oxygen atoms in total. The van der Waals surface area contributed by atoms with Gasteiger partial charge in [0.1, 0.15) is 6.61 Å². The van der Waals surface area contributed by atoms with E-state index in [1.165, 1.54) is 22.3 Å². The molecule has 0 unspecified atom stereocenters. The number of nitrogens with one attached hydrogen (secondary N) is 1. The summed E-state index contributed by atoms with van der Waals surface area (Å²) in [5.74, 6) is 5.96. The number of hydrogen-bond donors (Lipinski definition) is 1. The summed E-state index contributed by atoms with van der Waals surface area (Å²) in [5, 5.41) is 2.68. The molecule has 0 fully saturated rings. The molecular weight excluding hydrogens is 348 g/mol. The molecule has 138 valence electrons. The molecule has 1 aliphatic carbocycles. The van der Waals surface area contributed by atoms with E-state index in [2.05, 4.69) is 46.4 Å². The average molecular weight is 368 g/mol. The first-order valence-electron chi connectivity index (χ1n) is 9.22. The molecule has 0 atom stereocenters. The predicted octanol–water partition coefficient (Wildman–Crippen LogP) is 4.28. The number of pyridine rings is 1. The van der Waals surface area contributed by atoms with Gasteiger partial charge >= 0.3 is 6.09 Å². The van der Waals surface area contributed by atoms with E-state index in [1.54, 1.807) is 12.4 Å². The molecule has 4 rings (SSSR count). The number of amides is 1. The number of rotatable bonds is 3. The van der Waals surface area contributed by atoms with Crippen LogP contribution in [0, 0.1) is 18.8 Å².